The number of pyridine rings is 1. The smallest absolute Gasteiger partial charge is 0.267 e. The summed E-state index contributed by atoms with van der Waals surface area (Å²) in [6.45, 7) is 2.75. The first-order chi connectivity index (χ1) is 18.6. The maximum absolute atomic E-state index is 13.5. The van der Waals surface area contributed by atoms with E-state index in [4.69, 9.17) is 14.1 Å². The van der Waals surface area contributed by atoms with Gasteiger partial charge in [0.2, 0.25) is 0 Å². The lowest BCUT2D eigenvalue weighted by Gasteiger charge is -2.37. The number of carbonyl (C=O) groups is 1. The normalized spacial score (nSPS) is 13.8. The molecule has 1 saturated heterocycles. The van der Waals surface area contributed by atoms with Crippen molar-refractivity contribution in [3.05, 3.63) is 94.3 Å². The van der Waals surface area contributed by atoms with Crippen molar-refractivity contribution >= 4 is 29.1 Å². The van der Waals surface area contributed by atoms with Gasteiger partial charge in [-0.1, -0.05) is 6.07 Å². The Kier molecular flexibility index (Phi) is 7.08. The number of hydrogen-bond donors (Lipinski definition) is 1. The van der Waals surface area contributed by atoms with Crippen LogP contribution in [-0.2, 0) is 11.3 Å². The lowest BCUT2D eigenvalue weighted by Crippen LogP contribution is -2.47. The minimum atomic E-state index is -0.600. The number of methoxy groups -OCH3 is 1. The number of amides is 1. The van der Waals surface area contributed by atoms with E-state index in [1.54, 1.807) is 37.6 Å². The fourth-order valence-corrected chi connectivity index (χ4v) is 4.40. The quantitative estimate of drug-likeness (QED) is 0.298. The Balaban J connectivity index is 1.44. The van der Waals surface area contributed by atoms with Gasteiger partial charge >= 0.3 is 0 Å². The van der Waals surface area contributed by atoms with Gasteiger partial charge in [-0.25, -0.2) is 4.98 Å². The number of nitrogens with one attached hydrogen (secondary N) is 1. The number of rotatable bonds is 7. The van der Waals surface area contributed by atoms with Gasteiger partial charge in [-0.15, -0.1) is 0 Å². The summed E-state index contributed by atoms with van der Waals surface area (Å²) in [5.74, 6) is 1.20. The average molecular weight is 511 g/mol. The van der Waals surface area contributed by atoms with Crippen LogP contribution in [0, 0.1) is 11.3 Å². The highest BCUT2D eigenvalue weighted by Crippen LogP contribution is 2.24. The number of aromatic nitrogens is 2. The van der Waals surface area contributed by atoms with Gasteiger partial charge in [0.1, 0.15) is 34.6 Å². The summed E-state index contributed by atoms with van der Waals surface area (Å²) < 4.78 is 11.9. The van der Waals surface area contributed by atoms with Gasteiger partial charge in [-0.05, 0) is 54.6 Å². The van der Waals surface area contributed by atoms with E-state index in [0.717, 1.165) is 11.4 Å². The number of ether oxygens (including phenoxy) is 1. The molecule has 0 aliphatic carbocycles. The fourth-order valence-electron chi connectivity index (χ4n) is 4.40. The van der Waals surface area contributed by atoms with Crippen molar-refractivity contribution in [3.8, 4) is 11.8 Å². The summed E-state index contributed by atoms with van der Waals surface area (Å²) in [5, 5.41) is 12.4. The number of hydrogen-bond acceptors (Lipinski definition) is 8. The third-order valence-electron chi connectivity index (χ3n) is 6.42. The number of benzene rings is 1. The predicted octanol–water partition coefficient (Wildman–Crippen LogP) is 2.85. The number of anilines is 2. The Hall–Kier alpha value is -5.04. The number of nitrogens with zero attached hydrogens (tertiary/aromatic N) is 5. The van der Waals surface area contributed by atoms with Crippen molar-refractivity contribution < 1.29 is 13.9 Å². The van der Waals surface area contributed by atoms with Crippen LogP contribution in [0.15, 0.2) is 81.8 Å². The standard InChI is InChI=1S/C28H26N6O4/c1-37-22-9-7-21(8-10-22)32-12-14-33(15-13-32)26-24(28(36)34-11-3-2-6-25(34)31-26)17-20(18-29)27(35)30-19-23-5-4-16-38-23/h2-11,16-17H,12-15,19H2,1H3,(H,30,35). The molecule has 4 aromatic rings. The van der Waals surface area contributed by atoms with Gasteiger partial charge < -0.3 is 24.3 Å². The maximum Gasteiger partial charge on any atom is 0.267 e. The molecular weight excluding hydrogens is 484 g/mol. The van der Waals surface area contributed by atoms with E-state index >= 15 is 0 Å². The zero-order valence-corrected chi connectivity index (χ0v) is 20.8. The molecule has 0 saturated carbocycles. The molecule has 0 atom stereocenters. The lowest BCUT2D eigenvalue weighted by molar-refractivity contribution is -0.117. The molecule has 0 bridgehead atoms. The van der Waals surface area contributed by atoms with Gasteiger partial charge in [0, 0.05) is 38.1 Å². The Morgan fingerprint density at radius 1 is 1.11 bits per heavy atom. The molecule has 1 amide bonds. The predicted molar refractivity (Wildman–Crippen MR) is 143 cm³/mol. The molecule has 38 heavy (non-hydrogen) atoms. The van der Waals surface area contributed by atoms with Crippen molar-refractivity contribution in [1.29, 1.82) is 5.26 Å². The van der Waals surface area contributed by atoms with Crippen LogP contribution in [0.25, 0.3) is 11.7 Å². The van der Waals surface area contributed by atoms with Crippen molar-refractivity contribution in [2.75, 3.05) is 43.1 Å². The molecule has 5 rings (SSSR count). The van der Waals surface area contributed by atoms with E-state index in [1.165, 1.54) is 16.7 Å². The second kappa shape index (κ2) is 10.9. The van der Waals surface area contributed by atoms with Crippen molar-refractivity contribution in [3.63, 3.8) is 0 Å². The molecule has 1 fully saturated rings. The van der Waals surface area contributed by atoms with Crippen LogP contribution < -0.4 is 25.4 Å². The van der Waals surface area contributed by atoms with E-state index < -0.39 is 5.91 Å². The highest BCUT2D eigenvalue weighted by molar-refractivity contribution is 6.02. The zero-order valence-electron chi connectivity index (χ0n) is 20.8. The van der Waals surface area contributed by atoms with Crippen molar-refractivity contribution in [2.45, 2.75) is 6.54 Å². The molecule has 1 aliphatic heterocycles. The summed E-state index contributed by atoms with van der Waals surface area (Å²) in [4.78, 5) is 35.4. The van der Waals surface area contributed by atoms with Crippen LogP contribution in [0.3, 0.4) is 0 Å². The Labute approximate surface area is 219 Å². The van der Waals surface area contributed by atoms with Gasteiger partial charge in [0.25, 0.3) is 11.5 Å². The van der Waals surface area contributed by atoms with Crippen LogP contribution in [0.1, 0.15) is 11.3 Å². The summed E-state index contributed by atoms with van der Waals surface area (Å²) in [6, 6.07) is 18.6. The summed E-state index contributed by atoms with van der Waals surface area (Å²) >= 11 is 0. The highest BCUT2D eigenvalue weighted by atomic mass is 16.5. The van der Waals surface area contributed by atoms with Gasteiger partial charge in [0.15, 0.2) is 0 Å². The van der Waals surface area contributed by atoms with E-state index in [0.29, 0.717) is 43.4 Å². The Morgan fingerprint density at radius 3 is 2.55 bits per heavy atom. The van der Waals surface area contributed by atoms with Crippen LogP contribution in [-0.4, -0.2) is 48.6 Å². The number of piperazine rings is 1. The first-order valence-corrected chi connectivity index (χ1v) is 12.1. The number of fused-ring (bicyclic) bond motifs is 1. The van der Waals surface area contributed by atoms with Crippen LogP contribution in [0.2, 0.25) is 0 Å². The van der Waals surface area contributed by atoms with Crippen molar-refractivity contribution in [1.82, 2.24) is 14.7 Å². The second-order valence-electron chi connectivity index (χ2n) is 8.69. The summed E-state index contributed by atoms with van der Waals surface area (Å²) in [6.07, 6.45) is 4.46. The van der Waals surface area contributed by atoms with Crippen molar-refractivity contribution in [2.24, 2.45) is 0 Å². The summed E-state index contributed by atoms with van der Waals surface area (Å²) in [7, 11) is 1.64. The monoisotopic (exact) mass is 510 g/mol. The van der Waals surface area contributed by atoms with E-state index in [2.05, 4.69) is 10.2 Å². The minimum absolute atomic E-state index is 0.125. The lowest BCUT2D eigenvalue weighted by atomic mass is 10.1. The highest BCUT2D eigenvalue weighted by Gasteiger charge is 2.24. The molecule has 1 N–H and O–H groups in total. The Bertz CT molecular complexity index is 1560. The van der Waals surface area contributed by atoms with Gasteiger partial charge in [0.05, 0.1) is 25.5 Å². The van der Waals surface area contributed by atoms with Crippen LogP contribution >= 0.6 is 0 Å². The number of carbonyl (C=O) groups excluding carboxylic acids is 1. The Morgan fingerprint density at radius 2 is 1.87 bits per heavy atom. The number of nitriles is 1. The van der Waals surface area contributed by atoms with Gasteiger partial charge in [-0.3, -0.25) is 14.0 Å². The molecule has 0 radical (unpaired) electrons. The first kappa shape index (κ1) is 24.6. The molecular formula is C28H26N6O4. The molecule has 192 valence electrons. The van der Waals surface area contributed by atoms with E-state index in [9.17, 15) is 14.9 Å². The molecule has 10 nitrogen and oxygen atoms in total. The largest absolute Gasteiger partial charge is 0.497 e. The fraction of sp³-hybridized carbons (Fsp3) is 0.214. The molecule has 0 unspecified atom stereocenters. The maximum atomic E-state index is 13.5. The van der Waals surface area contributed by atoms with Gasteiger partial charge in [-0.2, -0.15) is 5.26 Å². The molecule has 0 spiro atoms. The number of furan rings is 1. The van der Waals surface area contributed by atoms with E-state index in [-0.39, 0.29) is 23.2 Å². The third-order valence-corrected chi connectivity index (χ3v) is 6.42. The zero-order chi connectivity index (χ0) is 26.5. The van der Waals surface area contributed by atoms with E-state index in [1.807, 2.05) is 41.3 Å². The summed E-state index contributed by atoms with van der Waals surface area (Å²) in [5.41, 5.74) is 1.22. The minimum Gasteiger partial charge on any atom is -0.497 e. The molecule has 10 heteroatoms. The second-order valence-corrected chi connectivity index (χ2v) is 8.69. The third kappa shape index (κ3) is 5.08. The molecule has 3 aromatic heterocycles. The van der Waals surface area contributed by atoms with Crippen LogP contribution in [0.5, 0.6) is 5.75 Å². The SMILES string of the molecule is COc1ccc(N2CCN(c3nc4ccccn4c(=O)c3C=C(C#N)C(=O)NCc3ccco3)CC2)cc1. The molecule has 1 aliphatic rings. The molecule has 1 aromatic carbocycles. The molecule has 4 heterocycles. The topological polar surface area (TPSA) is 116 Å². The average Bonchev–Trinajstić information content (AvgIpc) is 3.49. The first-order valence-electron chi connectivity index (χ1n) is 12.1. The van der Waals surface area contributed by atoms with Crippen LogP contribution in [0.4, 0.5) is 11.5 Å².